The zero-order valence-corrected chi connectivity index (χ0v) is 15.9. The summed E-state index contributed by atoms with van der Waals surface area (Å²) in [5.41, 5.74) is 0. The summed E-state index contributed by atoms with van der Waals surface area (Å²) in [7, 11) is 1.81. The molecule has 5 nitrogen and oxygen atoms in total. The average Bonchev–Trinajstić information content (AvgIpc) is 2.44. The van der Waals surface area contributed by atoms with Crippen molar-refractivity contribution in [2.45, 2.75) is 33.6 Å². The molecule has 0 bridgehead atoms. The first-order chi connectivity index (χ1) is 9.28. The van der Waals surface area contributed by atoms with Crippen LogP contribution in [0.15, 0.2) is 4.99 Å². The van der Waals surface area contributed by atoms with Gasteiger partial charge in [-0.3, -0.25) is 4.99 Å². The van der Waals surface area contributed by atoms with Crippen LogP contribution in [0.4, 0.5) is 0 Å². The van der Waals surface area contributed by atoms with Crippen molar-refractivity contribution in [2.24, 2.45) is 4.99 Å². The van der Waals surface area contributed by atoms with Gasteiger partial charge in [-0.2, -0.15) is 0 Å². The molecule has 2 N–H and O–H groups in total. The van der Waals surface area contributed by atoms with Crippen LogP contribution in [0.1, 0.15) is 33.6 Å². The predicted octanol–water partition coefficient (Wildman–Crippen LogP) is 1.93. The van der Waals surface area contributed by atoms with Gasteiger partial charge in [0.05, 0.1) is 0 Å². The number of nitrogens with zero attached hydrogens (tertiary/aromatic N) is 2. The Morgan fingerprint density at radius 1 is 1.10 bits per heavy atom. The molecule has 0 aromatic carbocycles. The SMILES string of the molecule is CCCN(CC)CCNC(=NC)NCCCOCC.I. The molecule has 0 aliphatic rings. The van der Waals surface area contributed by atoms with Gasteiger partial charge < -0.3 is 20.3 Å². The van der Waals surface area contributed by atoms with Crippen LogP contribution in [0.3, 0.4) is 0 Å². The molecule has 20 heavy (non-hydrogen) atoms. The second kappa shape index (κ2) is 17.0. The highest BCUT2D eigenvalue weighted by Crippen LogP contribution is 1.89. The van der Waals surface area contributed by atoms with Crippen molar-refractivity contribution in [2.75, 3.05) is 53.0 Å². The Bertz CT molecular complexity index is 227. The number of likely N-dealkylation sites (N-methyl/N-ethyl adjacent to an activating group) is 1. The average molecular weight is 400 g/mol. The topological polar surface area (TPSA) is 48.9 Å². The molecule has 0 spiro atoms. The molecule has 0 amide bonds. The Hall–Kier alpha value is -0.0800. The molecule has 0 radical (unpaired) electrons. The van der Waals surface area contributed by atoms with E-state index in [1.54, 1.807) is 0 Å². The lowest BCUT2D eigenvalue weighted by atomic mass is 10.4. The number of hydrogen-bond donors (Lipinski definition) is 2. The molecule has 122 valence electrons. The van der Waals surface area contributed by atoms with Crippen molar-refractivity contribution < 1.29 is 4.74 Å². The van der Waals surface area contributed by atoms with E-state index in [4.69, 9.17) is 4.74 Å². The maximum Gasteiger partial charge on any atom is 0.191 e. The molecule has 0 unspecified atom stereocenters. The van der Waals surface area contributed by atoms with E-state index in [9.17, 15) is 0 Å². The van der Waals surface area contributed by atoms with Crippen LogP contribution in [0.25, 0.3) is 0 Å². The fraction of sp³-hybridized carbons (Fsp3) is 0.929. The number of nitrogens with one attached hydrogen (secondary N) is 2. The van der Waals surface area contributed by atoms with Crippen molar-refractivity contribution in [3.63, 3.8) is 0 Å². The smallest absolute Gasteiger partial charge is 0.191 e. The van der Waals surface area contributed by atoms with Crippen molar-refractivity contribution in [1.82, 2.24) is 15.5 Å². The molecule has 0 heterocycles. The number of halogens is 1. The van der Waals surface area contributed by atoms with Gasteiger partial charge in [-0.15, -0.1) is 24.0 Å². The van der Waals surface area contributed by atoms with E-state index in [1.165, 1.54) is 13.0 Å². The molecular formula is C14H33IN4O. The first kappa shape index (κ1) is 22.2. The summed E-state index contributed by atoms with van der Waals surface area (Å²) >= 11 is 0. The Balaban J connectivity index is 0. The lowest BCUT2D eigenvalue weighted by Crippen LogP contribution is -2.42. The van der Waals surface area contributed by atoms with Crippen molar-refractivity contribution in [1.29, 1.82) is 0 Å². The molecule has 0 saturated heterocycles. The van der Waals surface area contributed by atoms with Crippen LogP contribution < -0.4 is 10.6 Å². The van der Waals surface area contributed by atoms with Gasteiger partial charge in [0.2, 0.25) is 0 Å². The maximum atomic E-state index is 5.30. The van der Waals surface area contributed by atoms with Crippen LogP contribution in [-0.4, -0.2) is 63.8 Å². The molecule has 0 rings (SSSR count). The highest BCUT2D eigenvalue weighted by Gasteiger charge is 2.01. The van der Waals surface area contributed by atoms with Crippen molar-refractivity contribution in [3.05, 3.63) is 0 Å². The van der Waals surface area contributed by atoms with E-state index in [0.29, 0.717) is 0 Å². The molecule has 0 aliphatic heterocycles. The van der Waals surface area contributed by atoms with Gasteiger partial charge in [-0.1, -0.05) is 13.8 Å². The normalized spacial score (nSPS) is 11.3. The largest absolute Gasteiger partial charge is 0.382 e. The van der Waals surface area contributed by atoms with Gasteiger partial charge >= 0.3 is 0 Å². The fourth-order valence-electron chi connectivity index (χ4n) is 1.82. The summed E-state index contributed by atoms with van der Waals surface area (Å²) in [6.45, 7) is 13.2. The summed E-state index contributed by atoms with van der Waals surface area (Å²) in [5.74, 6) is 0.879. The summed E-state index contributed by atoms with van der Waals surface area (Å²) < 4.78 is 5.30. The third-order valence-electron chi connectivity index (χ3n) is 2.89. The van der Waals surface area contributed by atoms with Crippen LogP contribution >= 0.6 is 24.0 Å². The molecule has 0 saturated carbocycles. The Kier molecular flexibility index (Phi) is 18.8. The van der Waals surface area contributed by atoms with Gasteiger partial charge in [0.1, 0.15) is 0 Å². The van der Waals surface area contributed by atoms with Crippen LogP contribution in [0.5, 0.6) is 0 Å². The quantitative estimate of drug-likeness (QED) is 0.241. The third kappa shape index (κ3) is 12.9. The van der Waals surface area contributed by atoms with Gasteiger partial charge in [0.15, 0.2) is 5.96 Å². The number of guanidine groups is 1. The Labute approximate surface area is 141 Å². The molecule has 0 aliphatic carbocycles. The van der Waals surface area contributed by atoms with E-state index in [1.807, 2.05) is 14.0 Å². The van der Waals surface area contributed by atoms with E-state index in [0.717, 1.165) is 51.8 Å². The zero-order chi connectivity index (χ0) is 14.3. The zero-order valence-electron chi connectivity index (χ0n) is 13.6. The van der Waals surface area contributed by atoms with Crippen LogP contribution in [-0.2, 0) is 4.74 Å². The van der Waals surface area contributed by atoms with E-state index >= 15 is 0 Å². The van der Waals surface area contributed by atoms with Crippen molar-refractivity contribution in [3.8, 4) is 0 Å². The summed E-state index contributed by atoms with van der Waals surface area (Å²) in [4.78, 5) is 6.65. The first-order valence-electron chi connectivity index (χ1n) is 7.53. The number of aliphatic imine (C=N–C) groups is 1. The molecule has 0 aromatic heterocycles. The summed E-state index contributed by atoms with van der Waals surface area (Å²) in [5, 5.41) is 6.63. The predicted molar refractivity (Wildman–Crippen MR) is 98.3 cm³/mol. The van der Waals surface area contributed by atoms with E-state index in [-0.39, 0.29) is 24.0 Å². The standard InChI is InChI=1S/C14H32N4O.HI/c1-5-11-18(6-2)12-10-17-14(15-4)16-9-8-13-19-7-3;/h5-13H2,1-4H3,(H2,15,16,17);1H. The molecule has 0 atom stereocenters. The maximum absolute atomic E-state index is 5.30. The van der Waals surface area contributed by atoms with Crippen molar-refractivity contribution >= 4 is 29.9 Å². The molecule has 0 fully saturated rings. The highest BCUT2D eigenvalue weighted by molar-refractivity contribution is 14.0. The van der Waals surface area contributed by atoms with Gasteiger partial charge in [0.25, 0.3) is 0 Å². The summed E-state index contributed by atoms with van der Waals surface area (Å²) in [6, 6.07) is 0. The Morgan fingerprint density at radius 3 is 2.35 bits per heavy atom. The highest BCUT2D eigenvalue weighted by atomic mass is 127. The number of rotatable bonds is 11. The minimum atomic E-state index is 0. The monoisotopic (exact) mass is 400 g/mol. The molecular weight excluding hydrogens is 367 g/mol. The fourth-order valence-corrected chi connectivity index (χ4v) is 1.82. The minimum absolute atomic E-state index is 0. The van der Waals surface area contributed by atoms with Gasteiger partial charge in [-0.05, 0) is 32.9 Å². The second-order valence-corrected chi connectivity index (χ2v) is 4.41. The Morgan fingerprint density at radius 2 is 1.80 bits per heavy atom. The van der Waals surface area contributed by atoms with Gasteiger partial charge in [0, 0.05) is 39.9 Å². The third-order valence-corrected chi connectivity index (χ3v) is 2.89. The lowest BCUT2D eigenvalue weighted by Gasteiger charge is -2.20. The molecule has 0 aromatic rings. The summed E-state index contributed by atoms with van der Waals surface area (Å²) in [6.07, 6.45) is 2.21. The van der Waals surface area contributed by atoms with Crippen LogP contribution in [0.2, 0.25) is 0 Å². The minimum Gasteiger partial charge on any atom is -0.382 e. The van der Waals surface area contributed by atoms with Gasteiger partial charge in [-0.25, -0.2) is 0 Å². The van der Waals surface area contributed by atoms with E-state index in [2.05, 4.69) is 34.4 Å². The lowest BCUT2D eigenvalue weighted by molar-refractivity contribution is 0.145. The van der Waals surface area contributed by atoms with Crippen LogP contribution in [0, 0.1) is 0 Å². The number of hydrogen-bond acceptors (Lipinski definition) is 3. The molecule has 6 heteroatoms. The second-order valence-electron chi connectivity index (χ2n) is 4.41. The first-order valence-corrected chi connectivity index (χ1v) is 7.53. The number of ether oxygens (including phenoxy) is 1. The van der Waals surface area contributed by atoms with E-state index < -0.39 is 0 Å².